The second-order valence-corrected chi connectivity index (χ2v) is 5.30. The summed E-state index contributed by atoms with van der Waals surface area (Å²) < 4.78 is 5.16. The number of nitrogens with zero attached hydrogens (tertiary/aromatic N) is 2. The number of methoxy groups -OCH3 is 1. The first-order valence-electron chi connectivity index (χ1n) is 7.21. The van der Waals surface area contributed by atoms with E-state index in [0.717, 1.165) is 6.07 Å². The largest absolute Gasteiger partial charge is 0.495 e. The lowest BCUT2D eigenvalue weighted by molar-refractivity contribution is -0.384. The molecule has 2 aromatic rings. The van der Waals surface area contributed by atoms with Crippen molar-refractivity contribution in [3.8, 4) is 11.8 Å². The maximum Gasteiger partial charge on any atom is 0.289 e. The average Bonchev–Trinajstić information content (AvgIpc) is 2.63. The average molecular weight is 373 g/mol. The summed E-state index contributed by atoms with van der Waals surface area (Å²) in [5, 5.41) is 25.3. The van der Waals surface area contributed by atoms with Crippen molar-refractivity contribution in [3.05, 3.63) is 69.4 Å². The third-order valence-electron chi connectivity index (χ3n) is 3.24. The lowest BCUT2D eigenvalue weighted by Gasteiger charge is -2.08. The molecule has 2 rings (SSSR count). The van der Waals surface area contributed by atoms with E-state index in [1.807, 2.05) is 0 Å². The molecule has 0 aliphatic carbocycles. The van der Waals surface area contributed by atoms with Gasteiger partial charge in [-0.25, -0.2) is 0 Å². The number of rotatable bonds is 6. The van der Waals surface area contributed by atoms with Gasteiger partial charge in [-0.05, 0) is 24.3 Å². The van der Waals surface area contributed by atoms with E-state index in [4.69, 9.17) is 16.3 Å². The summed E-state index contributed by atoms with van der Waals surface area (Å²) in [6.07, 6.45) is 1.22. The molecule has 132 valence electrons. The Balaban J connectivity index is 2.18. The predicted octanol–water partition coefficient (Wildman–Crippen LogP) is 3.71. The molecule has 0 heterocycles. The van der Waals surface area contributed by atoms with Crippen LogP contribution in [0.2, 0.25) is 5.02 Å². The Morgan fingerprint density at radius 3 is 2.73 bits per heavy atom. The number of carbonyl (C=O) groups excluding carboxylic acids is 1. The molecule has 2 aromatic carbocycles. The minimum atomic E-state index is -0.730. The molecular weight excluding hydrogens is 360 g/mol. The molecule has 0 bridgehead atoms. The summed E-state index contributed by atoms with van der Waals surface area (Å²) in [7, 11) is 1.50. The van der Waals surface area contributed by atoms with E-state index in [-0.39, 0.29) is 22.0 Å². The number of ether oxygens (including phenoxy) is 1. The second kappa shape index (κ2) is 8.50. The summed E-state index contributed by atoms with van der Waals surface area (Å²) in [6, 6.07) is 12.5. The number of para-hydroxylation sites is 2. The van der Waals surface area contributed by atoms with Gasteiger partial charge in [0.2, 0.25) is 0 Å². The monoisotopic (exact) mass is 372 g/mol. The molecule has 0 aromatic heterocycles. The third-order valence-corrected chi connectivity index (χ3v) is 3.56. The molecule has 1 amide bonds. The fraction of sp³-hybridized carbons (Fsp3) is 0.0588. The molecule has 0 atom stereocenters. The van der Waals surface area contributed by atoms with Crippen LogP contribution in [0.15, 0.2) is 54.2 Å². The second-order valence-electron chi connectivity index (χ2n) is 4.89. The third kappa shape index (κ3) is 4.49. The van der Waals surface area contributed by atoms with Gasteiger partial charge in [-0.2, -0.15) is 5.26 Å². The highest BCUT2D eigenvalue weighted by Crippen LogP contribution is 2.27. The number of carbonyl (C=O) groups is 1. The van der Waals surface area contributed by atoms with E-state index < -0.39 is 10.8 Å². The van der Waals surface area contributed by atoms with Gasteiger partial charge in [0.05, 0.1) is 17.7 Å². The van der Waals surface area contributed by atoms with Gasteiger partial charge in [-0.3, -0.25) is 14.9 Å². The van der Waals surface area contributed by atoms with Gasteiger partial charge in [0.15, 0.2) is 0 Å². The highest BCUT2D eigenvalue weighted by molar-refractivity contribution is 6.32. The smallest absolute Gasteiger partial charge is 0.289 e. The van der Waals surface area contributed by atoms with E-state index in [2.05, 4.69) is 10.6 Å². The Labute approximate surface area is 153 Å². The fourth-order valence-electron chi connectivity index (χ4n) is 1.99. The highest BCUT2D eigenvalue weighted by Gasteiger charge is 2.15. The van der Waals surface area contributed by atoms with Crippen LogP contribution in [-0.2, 0) is 4.79 Å². The first-order valence-corrected chi connectivity index (χ1v) is 7.59. The topological polar surface area (TPSA) is 117 Å². The minimum absolute atomic E-state index is 0.0538. The van der Waals surface area contributed by atoms with E-state index in [0.29, 0.717) is 11.4 Å². The van der Waals surface area contributed by atoms with Gasteiger partial charge in [0.25, 0.3) is 11.6 Å². The molecule has 0 aliphatic rings. The van der Waals surface area contributed by atoms with Gasteiger partial charge in [0, 0.05) is 18.0 Å². The molecule has 9 heteroatoms. The van der Waals surface area contributed by atoms with Gasteiger partial charge >= 0.3 is 0 Å². The van der Waals surface area contributed by atoms with Crippen LogP contribution < -0.4 is 15.4 Å². The maximum absolute atomic E-state index is 12.2. The van der Waals surface area contributed by atoms with Crippen molar-refractivity contribution in [3.63, 3.8) is 0 Å². The van der Waals surface area contributed by atoms with E-state index >= 15 is 0 Å². The number of nitriles is 1. The van der Waals surface area contributed by atoms with E-state index in [9.17, 15) is 20.2 Å². The highest BCUT2D eigenvalue weighted by atomic mass is 35.5. The molecule has 0 fully saturated rings. The molecule has 2 N–H and O–H groups in total. The molecule has 0 saturated heterocycles. The van der Waals surface area contributed by atoms with Crippen LogP contribution >= 0.6 is 11.6 Å². The summed E-state index contributed by atoms with van der Waals surface area (Å²) in [6.45, 7) is 0. The molecule has 0 unspecified atom stereocenters. The Kier molecular flexibility index (Phi) is 6.14. The quantitative estimate of drug-likeness (QED) is 0.345. The summed E-state index contributed by atoms with van der Waals surface area (Å²) in [5.74, 6) is -0.193. The number of anilines is 2. The molecule has 0 spiro atoms. The summed E-state index contributed by atoms with van der Waals surface area (Å²) >= 11 is 5.72. The maximum atomic E-state index is 12.2. The van der Waals surface area contributed by atoms with E-state index in [1.165, 1.54) is 25.4 Å². The van der Waals surface area contributed by atoms with Crippen molar-refractivity contribution in [2.75, 3.05) is 17.7 Å². The van der Waals surface area contributed by atoms with Crippen molar-refractivity contribution in [1.29, 1.82) is 5.26 Å². The first kappa shape index (κ1) is 18.8. The van der Waals surface area contributed by atoms with Gasteiger partial charge in [0.1, 0.15) is 22.4 Å². The number of halogens is 1. The Hall–Kier alpha value is -3.57. The molecular formula is C17H13ClN4O4. The van der Waals surface area contributed by atoms with Crippen LogP contribution in [0, 0.1) is 21.4 Å². The zero-order valence-corrected chi connectivity index (χ0v) is 14.3. The SMILES string of the molecule is COc1ccccc1N/C=C(/C#N)C(=O)Nc1ccc(Cl)c([N+](=O)[O-])c1. The molecule has 0 radical (unpaired) electrons. The number of amides is 1. The van der Waals surface area contributed by atoms with Crippen LogP contribution in [-0.4, -0.2) is 17.9 Å². The Morgan fingerprint density at radius 1 is 1.35 bits per heavy atom. The summed E-state index contributed by atoms with van der Waals surface area (Å²) in [4.78, 5) is 22.4. The van der Waals surface area contributed by atoms with Gasteiger partial charge in [-0.1, -0.05) is 23.7 Å². The number of hydrogen-bond donors (Lipinski definition) is 2. The first-order chi connectivity index (χ1) is 12.5. The zero-order valence-electron chi connectivity index (χ0n) is 13.5. The van der Waals surface area contributed by atoms with Crippen molar-refractivity contribution in [1.82, 2.24) is 0 Å². The number of nitrogens with one attached hydrogen (secondary N) is 2. The van der Waals surface area contributed by atoms with E-state index in [1.54, 1.807) is 30.3 Å². The number of benzene rings is 2. The fourth-order valence-corrected chi connectivity index (χ4v) is 2.18. The molecule has 0 aliphatic heterocycles. The summed E-state index contributed by atoms with van der Waals surface area (Å²) in [5.41, 5.74) is 0.134. The molecule has 26 heavy (non-hydrogen) atoms. The van der Waals surface area contributed by atoms with Crippen LogP contribution in [0.1, 0.15) is 0 Å². The van der Waals surface area contributed by atoms with Gasteiger partial charge < -0.3 is 15.4 Å². The lowest BCUT2D eigenvalue weighted by Crippen LogP contribution is -2.14. The van der Waals surface area contributed by atoms with Gasteiger partial charge in [-0.15, -0.1) is 0 Å². The Bertz CT molecular complexity index is 921. The van der Waals surface area contributed by atoms with Crippen LogP contribution in [0.3, 0.4) is 0 Å². The lowest BCUT2D eigenvalue weighted by atomic mass is 10.2. The zero-order chi connectivity index (χ0) is 19.1. The molecule has 8 nitrogen and oxygen atoms in total. The normalized spacial score (nSPS) is 10.6. The van der Waals surface area contributed by atoms with Crippen molar-refractivity contribution < 1.29 is 14.5 Å². The van der Waals surface area contributed by atoms with Crippen molar-refractivity contribution in [2.24, 2.45) is 0 Å². The number of hydrogen-bond acceptors (Lipinski definition) is 6. The number of nitro groups is 1. The van der Waals surface area contributed by atoms with Crippen LogP contribution in [0.4, 0.5) is 17.1 Å². The minimum Gasteiger partial charge on any atom is -0.495 e. The van der Waals surface area contributed by atoms with Crippen molar-refractivity contribution in [2.45, 2.75) is 0 Å². The van der Waals surface area contributed by atoms with Crippen LogP contribution in [0.5, 0.6) is 5.75 Å². The Morgan fingerprint density at radius 2 is 2.08 bits per heavy atom. The number of nitro benzene ring substituents is 1. The van der Waals surface area contributed by atoms with Crippen LogP contribution in [0.25, 0.3) is 0 Å². The van der Waals surface area contributed by atoms with Crippen molar-refractivity contribution >= 4 is 34.6 Å². The molecule has 0 saturated carbocycles. The standard InChI is InChI=1S/C17H13ClN4O4/c1-26-16-5-3-2-4-14(16)20-10-11(9-19)17(23)21-12-6-7-13(18)15(8-12)22(24)25/h2-8,10,20H,1H3,(H,21,23)/b11-10-. The predicted molar refractivity (Wildman–Crippen MR) is 97.0 cm³/mol.